The highest BCUT2D eigenvalue weighted by atomic mass is 35.5. The lowest BCUT2D eigenvalue weighted by Gasteiger charge is -2.33. The van der Waals surface area contributed by atoms with Crippen LogP contribution in [0.2, 0.25) is 5.02 Å². The molecule has 4 rings (SSSR count). The summed E-state index contributed by atoms with van der Waals surface area (Å²) in [7, 11) is 0. The van der Waals surface area contributed by atoms with Crippen LogP contribution in [0.25, 0.3) is 0 Å². The van der Waals surface area contributed by atoms with Gasteiger partial charge in [-0.05, 0) is 73.4 Å². The molecule has 0 unspecified atom stereocenters. The van der Waals surface area contributed by atoms with Crippen molar-refractivity contribution in [3.8, 4) is 5.75 Å². The Labute approximate surface area is 211 Å². The van der Waals surface area contributed by atoms with Crippen LogP contribution in [-0.4, -0.2) is 18.7 Å². The van der Waals surface area contributed by atoms with Crippen LogP contribution in [0.5, 0.6) is 5.75 Å². The second-order valence-electron chi connectivity index (χ2n) is 9.68. The number of para-hydroxylation sites is 1. The van der Waals surface area contributed by atoms with Crippen LogP contribution >= 0.6 is 22.9 Å². The van der Waals surface area contributed by atoms with E-state index in [2.05, 4.69) is 26.1 Å². The first-order chi connectivity index (χ1) is 16.3. The van der Waals surface area contributed by atoms with Gasteiger partial charge in [0.1, 0.15) is 10.8 Å². The van der Waals surface area contributed by atoms with Gasteiger partial charge in [0.25, 0.3) is 5.91 Å². The van der Waals surface area contributed by atoms with Gasteiger partial charge in [0, 0.05) is 27.4 Å². The number of rotatable bonds is 6. The summed E-state index contributed by atoms with van der Waals surface area (Å²) >= 11 is 7.77. The van der Waals surface area contributed by atoms with Gasteiger partial charge < -0.3 is 10.1 Å². The van der Waals surface area contributed by atoms with Crippen LogP contribution in [0.15, 0.2) is 53.5 Å². The van der Waals surface area contributed by atoms with E-state index in [-0.39, 0.29) is 11.3 Å². The molecule has 1 aliphatic carbocycles. The number of hydrogen-bond acceptors (Lipinski definition) is 4. The molecule has 0 saturated heterocycles. The fourth-order valence-corrected chi connectivity index (χ4v) is 5.86. The number of hydrogen-bond donors (Lipinski definition) is 1. The van der Waals surface area contributed by atoms with Crippen molar-refractivity contribution < 1.29 is 9.53 Å². The molecule has 1 aromatic heterocycles. The lowest BCUT2D eigenvalue weighted by Crippen LogP contribution is -2.27. The Balaban J connectivity index is 1.72. The number of aliphatic imine (C=N–C) groups is 1. The Morgan fingerprint density at radius 1 is 1.24 bits per heavy atom. The Kier molecular flexibility index (Phi) is 7.44. The number of carbonyl (C=O) groups is 1. The highest BCUT2D eigenvalue weighted by Gasteiger charge is 2.33. The first kappa shape index (κ1) is 24.5. The second-order valence-corrected chi connectivity index (χ2v) is 11.2. The molecule has 0 saturated carbocycles. The van der Waals surface area contributed by atoms with E-state index >= 15 is 0 Å². The first-order valence-corrected chi connectivity index (χ1v) is 12.9. The predicted octanol–water partition coefficient (Wildman–Crippen LogP) is 7.95. The zero-order valence-electron chi connectivity index (χ0n) is 20.2. The van der Waals surface area contributed by atoms with Crippen LogP contribution in [-0.2, 0) is 12.8 Å². The third kappa shape index (κ3) is 5.53. The molecule has 1 amide bonds. The number of amides is 1. The largest absolute Gasteiger partial charge is 0.493 e. The van der Waals surface area contributed by atoms with Crippen molar-refractivity contribution in [3.05, 3.63) is 75.1 Å². The van der Waals surface area contributed by atoms with E-state index in [0.29, 0.717) is 28.8 Å². The third-order valence-corrected chi connectivity index (χ3v) is 7.72. The highest BCUT2D eigenvalue weighted by molar-refractivity contribution is 7.16. The number of halogens is 1. The van der Waals surface area contributed by atoms with E-state index in [9.17, 15) is 4.79 Å². The van der Waals surface area contributed by atoms with E-state index in [4.69, 9.17) is 21.3 Å². The van der Waals surface area contributed by atoms with Crippen LogP contribution < -0.4 is 10.1 Å². The van der Waals surface area contributed by atoms with Crippen molar-refractivity contribution in [2.45, 2.75) is 47.0 Å². The Bertz CT molecular complexity index is 1210. The number of carbonyl (C=O) groups excluding carboxylic acids is 1. The number of benzene rings is 2. The molecule has 3 aromatic rings. The summed E-state index contributed by atoms with van der Waals surface area (Å²) in [6, 6.07) is 15.1. The fourth-order valence-electron chi connectivity index (χ4n) is 4.40. The zero-order chi connectivity index (χ0) is 24.3. The van der Waals surface area contributed by atoms with Gasteiger partial charge in [-0.15, -0.1) is 11.3 Å². The maximum Gasteiger partial charge on any atom is 0.259 e. The van der Waals surface area contributed by atoms with E-state index < -0.39 is 0 Å². The second kappa shape index (κ2) is 10.3. The lowest BCUT2D eigenvalue weighted by molar-refractivity contribution is 0.102. The van der Waals surface area contributed by atoms with Crippen molar-refractivity contribution in [2.75, 3.05) is 11.9 Å². The molecular formula is C28H31ClN2O2S. The molecule has 0 radical (unpaired) electrons. The topological polar surface area (TPSA) is 50.7 Å². The number of nitrogens with one attached hydrogen (secondary N) is 1. The summed E-state index contributed by atoms with van der Waals surface area (Å²) in [6.45, 7) is 9.44. The van der Waals surface area contributed by atoms with Crippen molar-refractivity contribution >= 4 is 45.7 Å². The van der Waals surface area contributed by atoms with Gasteiger partial charge in [0.2, 0.25) is 0 Å². The molecule has 34 heavy (non-hydrogen) atoms. The van der Waals surface area contributed by atoms with Crippen molar-refractivity contribution in [1.82, 2.24) is 0 Å². The van der Waals surface area contributed by atoms with Gasteiger partial charge >= 0.3 is 0 Å². The molecule has 6 heteroatoms. The molecule has 0 spiro atoms. The molecule has 178 valence electrons. The summed E-state index contributed by atoms with van der Waals surface area (Å²) in [6.07, 6.45) is 4.74. The zero-order valence-corrected chi connectivity index (χ0v) is 21.7. The van der Waals surface area contributed by atoms with Gasteiger partial charge in [-0.2, -0.15) is 0 Å². The average Bonchev–Trinajstić information content (AvgIpc) is 3.16. The van der Waals surface area contributed by atoms with E-state index in [0.717, 1.165) is 41.1 Å². The summed E-state index contributed by atoms with van der Waals surface area (Å²) in [5, 5.41) is 4.36. The fraction of sp³-hybridized carbons (Fsp3) is 0.357. The van der Waals surface area contributed by atoms with Gasteiger partial charge in [-0.1, -0.05) is 50.6 Å². The van der Waals surface area contributed by atoms with Gasteiger partial charge in [0.15, 0.2) is 0 Å². The molecule has 1 heterocycles. The molecule has 0 fully saturated rings. The predicted molar refractivity (Wildman–Crippen MR) is 144 cm³/mol. The number of anilines is 1. The van der Waals surface area contributed by atoms with Crippen molar-refractivity contribution in [1.29, 1.82) is 0 Å². The number of thiophene rings is 1. The molecule has 1 atom stereocenters. The molecule has 2 aromatic carbocycles. The van der Waals surface area contributed by atoms with Gasteiger partial charge in [-0.25, -0.2) is 4.99 Å². The van der Waals surface area contributed by atoms with Crippen LogP contribution in [0, 0.1) is 11.3 Å². The minimum Gasteiger partial charge on any atom is -0.493 e. The molecule has 0 aliphatic heterocycles. The summed E-state index contributed by atoms with van der Waals surface area (Å²) in [5.41, 5.74) is 3.61. The monoisotopic (exact) mass is 494 g/mol. The quantitative estimate of drug-likeness (QED) is 0.353. The summed E-state index contributed by atoms with van der Waals surface area (Å²) in [4.78, 5) is 19.6. The molecule has 4 nitrogen and oxygen atoms in total. The van der Waals surface area contributed by atoms with E-state index in [1.165, 1.54) is 4.88 Å². The number of ether oxygens (including phenoxy) is 1. The highest BCUT2D eigenvalue weighted by Crippen LogP contribution is 2.45. The Hall–Kier alpha value is -2.63. The standard InChI is InChI=1S/C28H31ClN2O2S/c1-5-33-23-12-7-6-9-18(23)17-30-27-25(26(32)31-21-11-8-10-20(29)16-21)22-14-13-19(28(2,3)4)15-24(22)34-27/h6-12,16-17,19H,5,13-15H2,1-4H3,(H,31,32)/t19-/m1/s1. The Morgan fingerprint density at radius 3 is 2.76 bits per heavy atom. The number of fused-ring (bicyclic) bond motifs is 1. The van der Waals surface area contributed by atoms with Gasteiger partial charge in [0.05, 0.1) is 12.2 Å². The normalized spacial score (nSPS) is 15.9. The smallest absolute Gasteiger partial charge is 0.259 e. The molecule has 1 aliphatic rings. The lowest BCUT2D eigenvalue weighted by atomic mass is 9.72. The summed E-state index contributed by atoms with van der Waals surface area (Å²) in [5.74, 6) is 1.23. The third-order valence-electron chi connectivity index (χ3n) is 6.32. The molecule has 0 bridgehead atoms. The van der Waals surface area contributed by atoms with Gasteiger partial charge in [-0.3, -0.25) is 4.79 Å². The maximum atomic E-state index is 13.5. The van der Waals surface area contributed by atoms with Crippen LogP contribution in [0.3, 0.4) is 0 Å². The van der Waals surface area contributed by atoms with E-state index in [1.54, 1.807) is 29.7 Å². The first-order valence-electron chi connectivity index (χ1n) is 11.7. The maximum absolute atomic E-state index is 13.5. The van der Waals surface area contributed by atoms with Crippen molar-refractivity contribution in [2.24, 2.45) is 16.3 Å². The minimum absolute atomic E-state index is 0.140. The molecular weight excluding hydrogens is 464 g/mol. The van der Waals surface area contributed by atoms with Crippen LogP contribution in [0.1, 0.15) is 60.5 Å². The van der Waals surface area contributed by atoms with Crippen LogP contribution in [0.4, 0.5) is 10.7 Å². The number of nitrogens with zero attached hydrogens (tertiary/aromatic N) is 1. The van der Waals surface area contributed by atoms with E-state index in [1.807, 2.05) is 43.3 Å². The molecule has 1 N–H and O–H groups in total. The minimum atomic E-state index is -0.140. The SMILES string of the molecule is CCOc1ccccc1C=Nc1sc2c(c1C(=O)Nc1cccc(Cl)c1)CC[C@@H](C(C)(C)C)C2. The van der Waals surface area contributed by atoms with Crippen molar-refractivity contribution in [3.63, 3.8) is 0 Å². The summed E-state index contributed by atoms with van der Waals surface area (Å²) < 4.78 is 5.75. The Morgan fingerprint density at radius 2 is 2.03 bits per heavy atom. The average molecular weight is 495 g/mol.